The van der Waals surface area contributed by atoms with Crippen LogP contribution in [0.5, 0.6) is 11.5 Å². The zero-order valence-electron chi connectivity index (χ0n) is 16.2. The molecule has 150 valence electrons. The molecule has 0 aliphatic heterocycles. The van der Waals surface area contributed by atoms with Gasteiger partial charge in [-0.2, -0.15) is 0 Å². The Morgan fingerprint density at radius 1 is 1.00 bits per heavy atom. The van der Waals surface area contributed by atoms with Crippen molar-refractivity contribution in [3.63, 3.8) is 0 Å². The van der Waals surface area contributed by atoms with Gasteiger partial charge in [0.1, 0.15) is 23.8 Å². The van der Waals surface area contributed by atoms with Crippen LogP contribution >= 0.6 is 0 Å². The second-order valence-corrected chi connectivity index (χ2v) is 6.51. The highest BCUT2D eigenvalue weighted by Gasteiger charge is 2.08. The van der Waals surface area contributed by atoms with Gasteiger partial charge in [0.15, 0.2) is 0 Å². The zero-order valence-corrected chi connectivity index (χ0v) is 16.2. The summed E-state index contributed by atoms with van der Waals surface area (Å²) in [5.41, 5.74) is 2.09. The van der Waals surface area contributed by atoms with E-state index in [1.807, 2.05) is 6.07 Å². The summed E-state index contributed by atoms with van der Waals surface area (Å²) in [6.07, 6.45) is 1.67. The van der Waals surface area contributed by atoms with Gasteiger partial charge in [-0.25, -0.2) is 4.98 Å². The second kappa shape index (κ2) is 8.48. The molecule has 0 aliphatic carbocycles. The number of aromatic nitrogens is 2. The van der Waals surface area contributed by atoms with Crippen LogP contribution in [0.1, 0.15) is 16.1 Å². The third-order valence-electron chi connectivity index (χ3n) is 4.45. The molecule has 2 aromatic heterocycles. The van der Waals surface area contributed by atoms with Crippen molar-refractivity contribution in [2.75, 3.05) is 12.4 Å². The van der Waals surface area contributed by atoms with Crippen LogP contribution in [0.25, 0.3) is 5.65 Å². The van der Waals surface area contributed by atoms with Crippen LogP contribution in [0.4, 0.5) is 5.69 Å². The monoisotopic (exact) mass is 401 g/mol. The summed E-state index contributed by atoms with van der Waals surface area (Å²) in [6.45, 7) is 0.163. The van der Waals surface area contributed by atoms with Crippen molar-refractivity contribution in [3.8, 4) is 11.5 Å². The number of ether oxygens (including phenoxy) is 2. The van der Waals surface area contributed by atoms with E-state index in [0.717, 1.165) is 0 Å². The molecule has 0 aliphatic rings. The van der Waals surface area contributed by atoms with Crippen molar-refractivity contribution in [2.24, 2.45) is 0 Å². The Balaban J connectivity index is 1.40. The average molecular weight is 401 g/mol. The quantitative estimate of drug-likeness (QED) is 0.534. The van der Waals surface area contributed by atoms with Crippen molar-refractivity contribution < 1.29 is 14.3 Å². The van der Waals surface area contributed by atoms with Gasteiger partial charge in [0.25, 0.3) is 11.5 Å². The lowest BCUT2D eigenvalue weighted by Gasteiger charge is -2.09. The summed E-state index contributed by atoms with van der Waals surface area (Å²) in [6, 6.07) is 20.7. The Hall–Kier alpha value is -4.13. The first kappa shape index (κ1) is 19.2. The first-order valence-electron chi connectivity index (χ1n) is 9.28. The van der Waals surface area contributed by atoms with Crippen LogP contribution in [0, 0.1) is 0 Å². The number of rotatable bonds is 6. The van der Waals surface area contributed by atoms with Gasteiger partial charge < -0.3 is 14.8 Å². The summed E-state index contributed by atoms with van der Waals surface area (Å²) < 4.78 is 12.3. The van der Waals surface area contributed by atoms with E-state index < -0.39 is 0 Å². The molecule has 0 saturated carbocycles. The molecule has 2 heterocycles. The van der Waals surface area contributed by atoms with E-state index in [1.54, 1.807) is 74.0 Å². The number of carbonyl (C=O) groups excluding carboxylic acids is 1. The Labute approximate surface area is 172 Å². The number of nitrogens with zero attached hydrogens (tertiary/aromatic N) is 2. The molecule has 1 amide bonds. The Bertz CT molecular complexity index is 1250. The Morgan fingerprint density at radius 3 is 2.63 bits per heavy atom. The molecule has 0 spiro atoms. The van der Waals surface area contributed by atoms with Gasteiger partial charge in [-0.3, -0.25) is 14.0 Å². The SMILES string of the molecule is COc1cccc(C(=O)Nc2ccc(OCc3cc(=O)n4ccccc4n3)cc2)c1. The molecule has 4 rings (SSSR count). The van der Waals surface area contributed by atoms with Crippen LogP contribution in [0.2, 0.25) is 0 Å². The zero-order chi connectivity index (χ0) is 20.9. The molecular formula is C23H19N3O4. The van der Waals surface area contributed by atoms with Crippen molar-refractivity contribution in [3.05, 3.63) is 101 Å². The summed E-state index contributed by atoms with van der Waals surface area (Å²) in [5.74, 6) is 0.987. The fraction of sp³-hybridized carbons (Fsp3) is 0.0870. The average Bonchev–Trinajstić information content (AvgIpc) is 2.78. The Morgan fingerprint density at radius 2 is 1.83 bits per heavy atom. The number of carbonyl (C=O) groups is 1. The second-order valence-electron chi connectivity index (χ2n) is 6.51. The fourth-order valence-corrected chi connectivity index (χ4v) is 2.94. The molecule has 0 saturated heterocycles. The minimum Gasteiger partial charge on any atom is -0.497 e. The topological polar surface area (TPSA) is 81.9 Å². The van der Waals surface area contributed by atoms with Gasteiger partial charge in [0.2, 0.25) is 0 Å². The normalized spacial score (nSPS) is 10.6. The third kappa shape index (κ3) is 4.30. The predicted octanol–water partition coefficient (Wildman–Crippen LogP) is 3.53. The van der Waals surface area contributed by atoms with Crippen LogP contribution in [-0.4, -0.2) is 22.4 Å². The molecule has 0 atom stereocenters. The van der Waals surface area contributed by atoms with Crippen molar-refractivity contribution in [1.29, 1.82) is 0 Å². The number of hydrogen-bond donors (Lipinski definition) is 1. The molecule has 1 N–H and O–H groups in total. The van der Waals surface area contributed by atoms with E-state index in [2.05, 4.69) is 10.3 Å². The number of anilines is 1. The van der Waals surface area contributed by atoms with E-state index in [9.17, 15) is 9.59 Å². The smallest absolute Gasteiger partial charge is 0.258 e. The van der Waals surface area contributed by atoms with Gasteiger partial charge in [0.05, 0.1) is 12.8 Å². The molecule has 7 nitrogen and oxygen atoms in total. The maximum absolute atomic E-state index is 12.4. The number of amides is 1. The van der Waals surface area contributed by atoms with Gasteiger partial charge in [-0.15, -0.1) is 0 Å². The number of benzene rings is 2. The lowest BCUT2D eigenvalue weighted by atomic mass is 10.2. The van der Waals surface area contributed by atoms with Crippen molar-refractivity contribution in [2.45, 2.75) is 6.61 Å². The molecule has 0 fully saturated rings. The minimum atomic E-state index is -0.233. The minimum absolute atomic E-state index is 0.158. The van der Waals surface area contributed by atoms with Crippen LogP contribution < -0.4 is 20.3 Å². The first-order chi connectivity index (χ1) is 14.6. The van der Waals surface area contributed by atoms with E-state index in [-0.39, 0.29) is 18.1 Å². The number of nitrogens with one attached hydrogen (secondary N) is 1. The third-order valence-corrected chi connectivity index (χ3v) is 4.45. The molecule has 0 bridgehead atoms. The maximum Gasteiger partial charge on any atom is 0.258 e. The number of fused-ring (bicyclic) bond motifs is 1. The lowest BCUT2D eigenvalue weighted by Crippen LogP contribution is -2.16. The van der Waals surface area contributed by atoms with Crippen molar-refractivity contribution in [1.82, 2.24) is 9.38 Å². The molecule has 2 aromatic carbocycles. The van der Waals surface area contributed by atoms with E-state index in [0.29, 0.717) is 34.1 Å². The van der Waals surface area contributed by atoms with E-state index in [4.69, 9.17) is 9.47 Å². The molecule has 4 aromatic rings. The molecule has 0 unspecified atom stereocenters. The maximum atomic E-state index is 12.4. The van der Waals surface area contributed by atoms with E-state index >= 15 is 0 Å². The number of hydrogen-bond acceptors (Lipinski definition) is 5. The highest BCUT2D eigenvalue weighted by Crippen LogP contribution is 2.19. The highest BCUT2D eigenvalue weighted by atomic mass is 16.5. The van der Waals surface area contributed by atoms with Gasteiger partial charge in [0, 0.05) is 23.5 Å². The predicted molar refractivity (Wildman–Crippen MR) is 113 cm³/mol. The van der Waals surface area contributed by atoms with Crippen LogP contribution in [0.3, 0.4) is 0 Å². The highest BCUT2D eigenvalue weighted by molar-refractivity contribution is 6.04. The summed E-state index contributed by atoms with van der Waals surface area (Å²) in [7, 11) is 1.56. The fourth-order valence-electron chi connectivity index (χ4n) is 2.94. The first-order valence-corrected chi connectivity index (χ1v) is 9.28. The molecular weight excluding hydrogens is 382 g/mol. The Kier molecular flexibility index (Phi) is 5.43. The number of methoxy groups -OCH3 is 1. The van der Waals surface area contributed by atoms with Crippen LogP contribution in [0.15, 0.2) is 83.8 Å². The molecule has 7 heteroatoms. The molecule has 30 heavy (non-hydrogen) atoms. The van der Waals surface area contributed by atoms with Gasteiger partial charge >= 0.3 is 0 Å². The van der Waals surface area contributed by atoms with Crippen LogP contribution in [-0.2, 0) is 6.61 Å². The summed E-state index contributed by atoms with van der Waals surface area (Å²) in [5, 5.41) is 2.83. The van der Waals surface area contributed by atoms with Gasteiger partial charge in [-0.05, 0) is 54.6 Å². The molecule has 0 radical (unpaired) electrons. The largest absolute Gasteiger partial charge is 0.497 e. The van der Waals surface area contributed by atoms with E-state index in [1.165, 1.54) is 10.5 Å². The van der Waals surface area contributed by atoms with Gasteiger partial charge in [-0.1, -0.05) is 12.1 Å². The summed E-state index contributed by atoms with van der Waals surface area (Å²) in [4.78, 5) is 28.9. The summed E-state index contributed by atoms with van der Waals surface area (Å²) >= 11 is 0. The standard InChI is InChI=1S/C23H19N3O4/c1-29-20-6-4-5-16(13-20)23(28)25-17-8-10-19(11-9-17)30-15-18-14-22(27)26-12-3-2-7-21(26)24-18/h2-14H,15H2,1H3,(H,25,28). The number of pyridine rings is 1. The lowest BCUT2D eigenvalue weighted by molar-refractivity contribution is 0.102. The van der Waals surface area contributed by atoms with Crippen molar-refractivity contribution >= 4 is 17.2 Å².